The first-order valence-electron chi connectivity index (χ1n) is 14.0. The molecule has 36 heavy (non-hydrogen) atoms. The number of benzene rings is 2. The molecule has 1 N–H and O–H groups in total. The van der Waals surface area contributed by atoms with Crippen molar-refractivity contribution >= 4 is 5.91 Å². The monoisotopic (exact) mass is 507 g/mol. The van der Waals surface area contributed by atoms with E-state index in [1.807, 2.05) is 0 Å². The van der Waals surface area contributed by atoms with E-state index in [-0.39, 0.29) is 23.7 Å². The third-order valence-electron chi connectivity index (χ3n) is 9.69. The minimum Gasteiger partial charge on any atom is -1.00 e. The van der Waals surface area contributed by atoms with Crippen molar-refractivity contribution in [2.45, 2.75) is 75.7 Å². The van der Waals surface area contributed by atoms with E-state index in [4.69, 9.17) is 4.74 Å². The van der Waals surface area contributed by atoms with Gasteiger partial charge in [0.25, 0.3) is 0 Å². The number of para-hydroxylation sites is 1. The van der Waals surface area contributed by atoms with Crippen molar-refractivity contribution < 1.29 is 21.9 Å². The predicted molar refractivity (Wildman–Crippen MR) is 140 cm³/mol. The van der Waals surface area contributed by atoms with Crippen LogP contribution in [0, 0.1) is 18.8 Å². The summed E-state index contributed by atoms with van der Waals surface area (Å²) < 4.78 is 6.14. The Kier molecular flexibility index (Phi) is 7.65. The summed E-state index contributed by atoms with van der Waals surface area (Å²) in [6.45, 7) is 5.37. The molecule has 0 unspecified atom stereocenters. The van der Waals surface area contributed by atoms with E-state index >= 15 is 0 Å². The van der Waals surface area contributed by atoms with Crippen LogP contribution in [-0.4, -0.2) is 43.1 Å². The molecule has 5 heteroatoms. The lowest BCUT2D eigenvalue weighted by atomic mass is 9.67. The van der Waals surface area contributed by atoms with Gasteiger partial charge in [-0.25, -0.2) is 0 Å². The number of aryl methyl sites for hydroxylation is 1. The molecule has 1 aliphatic carbocycles. The molecule has 4 aliphatic rings. The SMILES string of the molecule is Cc1cccc2c1OCC[C@]21CNC[C@H]1C(=O)N1CC[C@@H](c2ccccc2)C[C@H]1C1CCCCC1.[Cl-]. The Labute approximate surface area is 222 Å². The number of ether oxygens (including phenoxy) is 1. The van der Waals surface area contributed by atoms with E-state index in [0.717, 1.165) is 44.6 Å². The molecule has 6 rings (SSSR count). The lowest BCUT2D eigenvalue weighted by Crippen LogP contribution is -3.00. The van der Waals surface area contributed by atoms with E-state index in [1.54, 1.807) is 0 Å². The summed E-state index contributed by atoms with van der Waals surface area (Å²) in [6, 6.07) is 17.9. The number of likely N-dealkylation sites (tertiary alicyclic amines) is 1. The number of hydrogen-bond acceptors (Lipinski definition) is 3. The van der Waals surface area contributed by atoms with Crippen LogP contribution in [0.4, 0.5) is 0 Å². The molecule has 3 fully saturated rings. The van der Waals surface area contributed by atoms with Crippen molar-refractivity contribution in [1.29, 1.82) is 0 Å². The number of piperidine rings is 1. The Morgan fingerprint density at radius 1 is 1.03 bits per heavy atom. The fourth-order valence-electron chi connectivity index (χ4n) is 7.80. The van der Waals surface area contributed by atoms with Crippen LogP contribution in [0.1, 0.15) is 74.0 Å². The number of halogens is 1. The van der Waals surface area contributed by atoms with E-state index in [2.05, 4.69) is 65.7 Å². The predicted octanol–water partition coefficient (Wildman–Crippen LogP) is 2.59. The smallest absolute Gasteiger partial charge is 0.228 e. The number of hydrogen-bond donors (Lipinski definition) is 1. The molecule has 4 nitrogen and oxygen atoms in total. The summed E-state index contributed by atoms with van der Waals surface area (Å²) >= 11 is 0. The van der Waals surface area contributed by atoms with Gasteiger partial charge in [-0.05, 0) is 62.0 Å². The Bertz CT molecular complexity index is 1050. The first kappa shape index (κ1) is 25.6. The molecule has 3 heterocycles. The van der Waals surface area contributed by atoms with Crippen molar-refractivity contribution in [2.75, 3.05) is 26.2 Å². The van der Waals surface area contributed by atoms with Crippen LogP contribution in [0.3, 0.4) is 0 Å². The van der Waals surface area contributed by atoms with E-state index in [9.17, 15) is 4.79 Å². The number of carbonyl (C=O) groups excluding carboxylic acids is 1. The van der Waals surface area contributed by atoms with Crippen molar-refractivity contribution in [2.24, 2.45) is 11.8 Å². The van der Waals surface area contributed by atoms with Crippen LogP contribution in [0.5, 0.6) is 5.75 Å². The second-order valence-corrected chi connectivity index (χ2v) is 11.5. The maximum Gasteiger partial charge on any atom is 0.228 e. The molecule has 2 aromatic carbocycles. The minimum absolute atomic E-state index is 0. The second-order valence-electron chi connectivity index (χ2n) is 11.5. The highest BCUT2D eigenvalue weighted by atomic mass is 35.5. The van der Waals surface area contributed by atoms with Crippen LogP contribution < -0.4 is 22.5 Å². The molecular weight excluding hydrogens is 468 g/mol. The Balaban J connectivity index is 0.00000267. The molecule has 2 aromatic rings. The number of nitrogens with one attached hydrogen (secondary N) is 1. The zero-order valence-electron chi connectivity index (χ0n) is 21.6. The fourth-order valence-corrected chi connectivity index (χ4v) is 7.80. The molecular formula is C31H40ClN2O2-. The average Bonchev–Trinajstić information content (AvgIpc) is 3.33. The van der Waals surface area contributed by atoms with Gasteiger partial charge in [0, 0.05) is 36.7 Å². The summed E-state index contributed by atoms with van der Waals surface area (Å²) in [5.41, 5.74) is 3.74. The van der Waals surface area contributed by atoms with Crippen molar-refractivity contribution in [3.05, 3.63) is 65.2 Å². The van der Waals surface area contributed by atoms with Crippen molar-refractivity contribution in [3.63, 3.8) is 0 Å². The molecule has 0 radical (unpaired) electrons. The molecule has 194 valence electrons. The topological polar surface area (TPSA) is 41.6 Å². The highest BCUT2D eigenvalue weighted by Gasteiger charge is 2.53. The summed E-state index contributed by atoms with van der Waals surface area (Å²) in [5, 5.41) is 3.64. The van der Waals surface area contributed by atoms with E-state index in [1.165, 1.54) is 48.8 Å². The van der Waals surface area contributed by atoms with Gasteiger partial charge < -0.3 is 27.4 Å². The molecule has 4 atom stereocenters. The highest BCUT2D eigenvalue weighted by molar-refractivity contribution is 5.82. The lowest BCUT2D eigenvalue weighted by Gasteiger charge is -2.48. The zero-order valence-corrected chi connectivity index (χ0v) is 22.3. The first-order valence-corrected chi connectivity index (χ1v) is 14.0. The van der Waals surface area contributed by atoms with Gasteiger partial charge in [-0.15, -0.1) is 0 Å². The molecule has 0 aromatic heterocycles. The van der Waals surface area contributed by atoms with Crippen LogP contribution in [0.2, 0.25) is 0 Å². The average molecular weight is 508 g/mol. The van der Waals surface area contributed by atoms with Gasteiger partial charge in [0.1, 0.15) is 5.75 Å². The van der Waals surface area contributed by atoms with E-state index in [0.29, 0.717) is 30.4 Å². The van der Waals surface area contributed by atoms with Gasteiger partial charge in [0.05, 0.1) is 12.5 Å². The maximum atomic E-state index is 14.5. The number of nitrogens with zero attached hydrogens (tertiary/aromatic N) is 1. The summed E-state index contributed by atoms with van der Waals surface area (Å²) in [5.74, 6) is 2.62. The standard InChI is InChI=1S/C31H40N2O2.ClH/c1-22-9-8-14-26-29(22)35-18-16-31(26)21-32-20-27(31)30(34)33-17-15-25(23-10-4-2-5-11-23)19-28(33)24-12-6-3-7-13-24;/h2,4-5,8-11,14,24-25,27-28,32H,3,6-7,12-13,15-21H2,1H3;1H/p-1/t25-,27+,28+,31+;/m1./s1. The van der Waals surface area contributed by atoms with Gasteiger partial charge >= 0.3 is 0 Å². The van der Waals surface area contributed by atoms with Gasteiger partial charge in [0.2, 0.25) is 5.91 Å². The summed E-state index contributed by atoms with van der Waals surface area (Å²) in [4.78, 5) is 16.9. The molecule has 1 spiro atoms. The van der Waals surface area contributed by atoms with E-state index < -0.39 is 0 Å². The maximum absolute atomic E-state index is 14.5. The summed E-state index contributed by atoms with van der Waals surface area (Å²) in [6.07, 6.45) is 9.65. The third kappa shape index (κ3) is 4.45. The largest absolute Gasteiger partial charge is 1.00 e. The minimum atomic E-state index is -0.149. The molecule has 3 aliphatic heterocycles. The first-order chi connectivity index (χ1) is 17.2. The second kappa shape index (κ2) is 10.8. The molecule has 1 saturated carbocycles. The fraction of sp³-hybridized carbons (Fsp3) is 0.581. The lowest BCUT2D eigenvalue weighted by molar-refractivity contribution is -0.143. The zero-order chi connectivity index (χ0) is 23.8. The van der Waals surface area contributed by atoms with Crippen LogP contribution in [0.15, 0.2) is 48.5 Å². The van der Waals surface area contributed by atoms with Crippen LogP contribution in [0.25, 0.3) is 0 Å². The van der Waals surface area contributed by atoms with Crippen molar-refractivity contribution in [3.8, 4) is 5.75 Å². The molecule has 2 saturated heterocycles. The number of rotatable bonds is 3. The van der Waals surface area contributed by atoms with Gasteiger partial charge in [-0.1, -0.05) is 67.8 Å². The number of fused-ring (bicyclic) bond motifs is 2. The highest BCUT2D eigenvalue weighted by Crippen LogP contribution is 2.49. The Hall–Kier alpha value is -2.04. The van der Waals surface area contributed by atoms with Gasteiger partial charge in [-0.3, -0.25) is 4.79 Å². The normalized spacial score (nSPS) is 30.4. The number of amides is 1. The molecule has 0 bridgehead atoms. The van der Waals surface area contributed by atoms with Crippen molar-refractivity contribution in [1.82, 2.24) is 10.2 Å². The Morgan fingerprint density at radius 3 is 2.64 bits per heavy atom. The summed E-state index contributed by atoms with van der Waals surface area (Å²) in [7, 11) is 0. The van der Waals surface area contributed by atoms with Gasteiger partial charge in [0.15, 0.2) is 0 Å². The van der Waals surface area contributed by atoms with Crippen LogP contribution >= 0.6 is 0 Å². The van der Waals surface area contributed by atoms with Gasteiger partial charge in [-0.2, -0.15) is 0 Å². The third-order valence-corrected chi connectivity index (χ3v) is 9.69. The molecule has 1 amide bonds. The Morgan fingerprint density at radius 2 is 1.83 bits per heavy atom. The van der Waals surface area contributed by atoms with Crippen LogP contribution in [-0.2, 0) is 10.2 Å². The number of carbonyl (C=O) groups is 1. The quantitative estimate of drug-likeness (QED) is 0.694.